The fraction of sp³-hybridized carbons (Fsp3) is 0.360. The van der Waals surface area contributed by atoms with Gasteiger partial charge in [0.2, 0.25) is 0 Å². The van der Waals surface area contributed by atoms with E-state index in [0.717, 1.165) is 49.2 Å². The standard InChI is InChI=1S/C25H27ClN2O3/c1-2-31-21-12-8-19(9-13-21)22-23(27-15-4-3-5-16-27)25(30)28(24(22)29)17-14-18-6-10-20(26)11-7-18/h6-13H,2-5,14-17H2,1H3. The van der Waals surface area contributed by atoms with E-state index in [4.69, 9.17) is 16.3 Å². The van der Waals surface area contributed by atoms with Gasteiger partial charge < -0.3 is 9.64 Å². The van der Waals surface area contributed by atoms with Crippen LogP contribution >= 0.6 is 11.6 Å². The third-order valence-corrected chi connectivity index (χ3v) is 6.06. The predicted molar refractivity (Wildman–Crippen MR) is 122 cm³/mol. The number of piperidine rings is 1. The summed E-state index contributed by atoms with van der Waals surface area (Å²) in [4.78, 5) is 30.3. The molecule has 5 nitrogen and oxygen atoms in total. The molecule has 2 aromatic rings. The number of amides is 2. The fourth-order valence-electron chi connectivity index (χ4n) is 4.21. The number of hydrogen-bond donors (Lipinski definition) is 0. The number of likely N-dealkylation sites (tertiary alicyclic amines) is 1. The molecule has 0 spiro atoms. The van der Waals surface area contributed by atoms with Gasteiger partial charge in [-0.3, -0.25) is 14.5 Å². The number of ether oxygens (including phenoxy) is 1. The SMILES string of the molecule is CCOc1ccc(C2=C(N3CCCCC3)C(=O)N(CCc3ccc(Cl)cc3)C2=O)cc1. The van der Waals surface area contributed by atoms with Crippen molar-refractivity contribution in [3.63, 3.8) is 0 Å². The summed E-state index contributed by atoms with van der Waals surface area (Å²) >= 11 is 5.97. The van der Waals surface area contributed by atoms with Crippen LogP contribution in [-0.4, -0.2) is 47.9 Å². The molecule has 0 atom stereocenters. The lowest BCUT2D eigenvalue weighted by Gasteiger charge is -2.29. The van der Waals surface area contributed by atoms with Crippen LogP contribution in [0.1, 0.15) is 37.3 Å². The van der Waals surface area contributed by atoms with Gasteiger partial charge in [-0.05, 0) is 68.0 Å². The van der Waals surface area contributed by atoms with E-state index in [1.807, 2.05) is 55.5 Å². The van der Waals surface area contributed by atoms with Crippen molar-refractivity contribution in [2.75, 3.05) is 26.2 Å². The van der Waals surface area contributed by atoms with Gasteiger partial charge in [-0.2, -0.15) is 0 Å². The van der Waals surface area contributed by atoms with Gasteiger partial charge in [-0.25, -0.2) is 0 Å². The summed E-state index contributed by atoms with van der Waals surface area (Å²) in [6.07, 6.45) is 3.82. The number of benzene rings is 2. The first-order valence-corrected chi connectivity index (χ1v) is 11.3. The summed E-state index contributed by atoms with van der Waals surface area (Å²) in [6, 6.07) is 15.0. The molecule has 0 aliphatic carbocycles. The Bertz CT molecular complexity index is 977. The highest BCUT2D eigenvalue weighted by Gasteiger charge is 2.41. The van der Waals surface area contributed by atoms with Gasteiger partial charge in [-0.1, -0.05) is 35.9 Å². The first kappa shape index (κ1) is 21.4. The summed E-state index contributed by atoms with van der Waals surface area (Å²) in [5.41, 5.74) is 2.85. The highest BCUT2D eigenvalue weighted by atomic mass is 35.5. The van der Waals surface area contributed by atoms with Crippen molar-refractivity contribution in [1.29, 1.82) is 0 Å². The van der Waals surface area contributed by atoms with E-state index in [0.29, 0.717) is 35.9 Å². The zero-order chi connectivity index (χ0) is 21.8. The van der Waals surface area contributed by atoms with Crippen LogP contribution in [0.5, 0.6) is 5.75 Å². The predicted octanol–water partition coefficient (Wildman–Crippen LogP) is 4.55. The van der Waals surface area contributed by atoms with Crippen LogP contribution in [0, 0.1) is 0 Å². The van der Waals surface area contributed by atoms with Crippen LogP contribution in [0.15, 0.2) is 54.2 Å². The molecule has 2 aromatic carbocycles. The first-order chi connectivity index (χ1) is 15.1. The van der Waals surface area contributed by atoms with E-state index < -0.39 is 0 Å². The average Bonchev–Trinajstić information content (AvgIpc) is 3.04. The molecular formula is C25H27ClN2O3. The monoisotopic (exact) mass is 438 g/mol. The smallest absolute Gasteiger partial charge is 0.277 e. The van der Waals surface area contributed by atoms with Gasteiger partial charge in [0.15, 0.2) is 0 Å². The normalized spacial score (nSPS) is 17.0. The molecule has 0 unspecified atom stereocenters. The van der Waals surface area contributed by atoms with Crippen molar-refractivity contribution >= 4 is 29.0 Å². The van der Waals surface area contributed by atoms with Crippen LogP contribution in [0.25, 0.3) is 5.57 Å². The van der Waals surface area contributed by atoms with Crippen LogP contribution < -0.4 is 4.74 Å². The molecule has 31 heavy (non-hydrogen) atoms. The topological polar surface area (TPSA) is 49.9 Å². The maximum Gasteiger partial charge on any atom is 0.277 e. The number of carbonyl (C=O) groups is 2. The summed E-state index contributed by atoms with van der Waals surface area (Å²) in [7, 11) is 0. The number of nitrogens with zero attached hydrogens (tertiary/aromatic N) is 2. The van der Waals surface area contributed by atoms with Crippen LogP contribution in [-0.2, 0) is 16.0 Å². The summed E-state index contributed by atoms with van der Waals surface area (Å²) in [6.45, 7) is 4.47. The Morgan fingerprint density at radius 3 is 2.23 bits per heavy atom. The average molecular weight is 439 g/mol. The third kappa shape index (κ3) is 4.62. The van der Waals surface area contributed by atoms with Crippen LogP contribution in [0.4, 0.5) is 0 Å². The second kappa shape index (κ2) is 9.56. The minimum absolute atomic E-state index is 0.190. The van der Waals surface area contributed by atoms with Crippen molar-refractivity contribution in [3.05, 3.63) is 70.4 Å². The summed E-state index contributed by atoms with van der Waals surface area (Å²) < 4.78 is 5.53. The molecule has 2 amide bonds. The van der Waals surface area contributed by atoms with Gasteiger partial charge in [0, 0.05) is 24.7 Å². The van der Waals surface area contributed by atoms with E-state index >= 15 is 0 Å². The van der Waals surface area contributed by atoms with E-state index in [9.17, 15) is 9.59 Å². The lowest BCUT2D eigenvalue weighted by molar-refractivity contribution is -0.137. The third-order valence-electron chi connectivity index (χ3n) is 5.81. The molecule has 0 N–H and O–H groups in total. The lowest BCUT2D eigenvalue weighted by Crippen LogP contribution is -2.38. The second-order valence-electron chi connectivity index (χ2n) is 7.87. The van der Waals surface area contributed by atoms with E-state index in [1.165, 1.54) is 4.90 Å². The van der Waals surface area contributed by atoms with Crippen molar-refractivity contribution in [3.8, 4) is 5.75 Å². The molecule has 1 fully saturated rings. The summed E-state index contributed by atoms with van der Waals surface area (Å²) in [5.74, 6) is 0.344. The van der Waals surface area contributed by atoms with Crippen LogP contribution in [0.2, 0.25) is 5.02 Å². The number of hydrogen-bond acceptors (Lipinski definition) is 4. The second-order valence-corrected chi connectivity index (χ2v) is 8.30. The lowest BCUT2D eigenvalue weighted by atomic mass is 10.0. The zero-order valence-corrected chi connectivity index (χ0v) is 18.5. The molecule has 1 saturated heterocycles. The van der Waals surface area contributed by atoms with Gasteiger partial charge in [0.1, 0.15) is 11.4 Å². The van der Waals surface area contributed by atoms with Gasteiger partial charge in [0.05, 0.1) is 12.2 Å². The van der Waals surface area contributed by atoms with Crippen LogP contribution in [0.3, 0.4) is 0 Å². The Hall–Kier alpha value is -2.79. The Morgan fingerprint density at radius 1 is 0.903 bits per heavy atom. The molecule has 6 heteroatoms. The van der Waals surface area contributed by atoms with Gasteiger partial charge in [-0.15, -0.1) is 0 Å². The first-order valence-electron chi connectivity index (χ1n) is 10.9. The highest BCUT2D eigenvalue weighted by molar-refractivity contribution is 6.35. The molecular weight excluding hydrogens is 412 g/mol. The van der Waals surface area contributed by atoms with E-state index in [-0.39, 0.29) is 11.8 Å². The van der Waals surface area contributed by atoms with Crippen molar-refractivity contribution < 1.29 is 14.3 Å². The molecule has 0 saturated carbocycles. The molecule has 4 rings (SSSR count). The molecule has 2 aliphatic heterocycles. The van der Waals surface area contributed by atoms with Crippen molar-refractivity contribution in [2.45, 2.75) is 32.6 Å². The molecule has 2 aliphatic rings. The Labute approximate surface area is 188 Å². The maximum absolute atomic E-state index is 13.4. The Morgan fingerprint density at radius 2 is 1.58 bits per heavy atom. The van der Waals surface area contributed by atoms with Crippen molar-refractivity contribution in [2.24, 2.45) is 0 Å². The number of imide groups is 1. The summed E-state index contributed by atoms with van der Waals surface area (Å²) in [5, 5.41) is 0.670. The minimum Gasteiger partial charge on any atom is -0.494 e. The minimum atomic E-state index is -0.219. The van der Waals surface area contributed by atoms with E-state index in [2.05, 4.69) is 4.90 Å². The largest absolute Gasteiger partial charge is 0.494 e. The Kier molecular flexibility index (Phi) is 6.62. The molecule has 0 aromatic heterocycles. The maximum atomic E-state index is 13.4. The van der Waals surface area contributed by atoms with Crippen molar-refractivity contribution in [1.82, 2.24) is 9.80 Å². The number of rotatable bonds is 7. The zero-order valence-electron chi connectivity index (χ0n) is 17.8. The molecule has 2 heterocycles. The quantitative estimate of drug-likeness (QED) is 0.595. The number of carbonyl (C=O) groups excluding carboxylic acids is 2. The number of halogens is 1. The van der Waals surface area contributed by atoms with E-state index in [1.54, 1.807) is 0 Å². The molecule has 0 radical (unpaired) electrons. The molecule has 162 valence electrons. The highest BCUT2D eigenvalue weighted by Crippen LogP contribution is 2.34. The Balaban J connectivity index is 1.62. The van der Waals surface area contributed by atoms with Gasteiger partial charge >= 0.3 is 0 Å². The van der Waals surface area contributed by atoms with Gasteiger partial charge in [0.25, 0.3) is 11.8 Å². The molecule has 0 bridgehead atoms. The fourth-order valence-corrected chi connectivity index (χ4v) is 4.34.